The summed E-state index contributed by atoms with van der Waals surface area (Å²) >= 11 is 5.94. The molecule has 0 atom stereocenters. The SMILES string of the molecule is CN(Cc1c(F)cccc1Cl)C(=O)COc1ccc(C#N)cc1. The van der Waals surface area contributed by atoms with Crippen molar-refractivity contribution < 1.29 is 13.9 Å². The molecule has 0 heterocycles. The van der Waals surface area contributed by atoms with Crippen LogP contribution in [0.5, 0.6) is 5.75 Å². The predicted molar refractivity (Wildman–Crippen MR) is 84.5 cm³/mol. The van der Waals surface area contributed by atoms with Crippen molar-refractivity contribution in [2.45, 2.75) is 6.54 Å². The molecule has 6 heteroatoms. The average Bonchev–Trinajstić information content (AvgIpc) is 2.56. The first-order chi connectivity index (χ1) is 11.0. The van der Waals surface area contributed by atoms with E-state index in [1.54, 1.807) is 37.4 Å². The lowest BCUT2D eigenvalue weighted by atomic mass is 10.2. The number of benzene rings is 2. The van der Waals surface area contributed by atoms with Gasteiger partial charge in [0.1, 0.15) is 11.6 Å². The molecule has 2 aromatic carbocycles. The summed E-state index contributed by atoms with van der Waals surface area (Å²) in [5.41, 5.74) is 0.776. The molecule has 0 unspecified atom stereocenters. The maximum absolute atomic E-state index is 13.7. The number of amides is 1. The highest BCUT2D eigenvalue weighted by Gasteiger charge is 2.14. The quantitative estimate of drug-likeness (QED) is 0.843. The molecule has 2 aromatic rings. The van der Waals surface area contributed by atoms with E-state index in [0.29, 0.717) is 11.3 Å². The Bertz CT molecular complexity index is 721. The van der Waals surface area contributed by atoms with E-state index in [0.717, 1.165) is 0 Å². The smallest absolute Gasteiger partial charge is 0.260 e. The van der Waals surface area contributed by atoms with Crippen molar-refractivity contribution in [1.29, 1.82) is 5.26 Å². The van der Waals surface area contributed by atoms with Crippen LogP contribution in [-0.4, -0.2) is 24.5 Å². The summed E-state index contributed by atoms with van der Waals surface area (Å²) in [5, 5.41) is 8.99. The van der Waals surface area contributed by atoms with E-state index in [2.05, 4.69) is 0 Å². The van der Waals surface area contributed by atoms with E-state index >= 15 is 0 Å². The second-order valence-electron chi connectivity index (χ2n) is 4.87. The van der Waals surface area contributed by atoms with Gasteiger partial charge in [0.15, 0.2) is 6.61 Å². The molecular formula is C17H14ClFN2O2. The predicted octanol–water partition coefficient (Wildman–Crippen LogP) is 3.39. The molecule has 23 heavy (non-hydrogen) atoms. The van der Waals surface area contributed by atoms with E-state index in [-0.39, 0.29) is 29.6 Å². The van der Waals surface area contributed by atoms with E-state index in [9.17, 15) is 9.18 Å². The van der Waals surface area contributed by atoms with Crippen LogP contribution in [0.2, 0.25) is 5.02 Å². The highest BCUT2D eigenvalue weighted by molar-refractivity contribution is 6.31. The van der Waals surface area contributed by atoms with E-state index in [1.165, 1.54) is 17.0 Å². The molecule has 0 radical (unpaired) electrons. The van der Waals surface area contributed by atoms with Crippen molar-refractivity contribution in [2.24, 2.45) is 0 Å². The number of halogens is 2. The minimum absolute atomic E-state index is 0.0566. The zero-order chi connectivity index (χ0) is 16.8. The first-order valence-corrected chi connectivity index (χ1v) is 7.19. The fraction of sp³-hybridized carbons (Fsp3) is 0.176. The number of carbonyl (C=O) groups is 1. The topological polar surface area (TPSA) is 53.3 Å². The molecule has 0 aliphatic heterocycles. The van der Waals surface area contributed by atoms with Crippen LogP contribution in [0.4, 0.5) is 4.39 Å². The molecule has 2 rings (SSSR count). The Hall–Kier alpha value is -2.58. The second kappa shape index (κ2) is 7.61. The number of ether oxygens (including phenoxy) is 1. The number of hydrogen-bond donors (Lipinski definition) is 0. The average molecular weight is 333 g/mol. The van der Waals surface area contributed by atoms with Crippen molar-refractivity contribution in [3.8, 4) is 11.8 Å². The fourth-order valence-electron chi connectivity index (χ4n) is 1.89. The van der Waals surface area contributed by atoms with Crippen LogP contribution in [0.15, 0.2) is 42.5 Å². The highest BCUT2D eigenvalue weighted by Crippen LogP contribution is 2.20. The Morgan fingerprint density at radius 2 is 2.00 bits per heavy atom. The van der Waals surface area contributed by atoms with Gasteiger partial charge in [-0.1, -0.05) is 17.7 Å². The fourth-order valence-corrected chi connectivity index (χ4v) is 2.11. The third-order valence-electron chi connectivity index (χ3n) is 3.23. The molecule has 0 fully saturated rings. The van der Waals surface area contributed by atoms with Crippen molar-refractivity contribution in [3.63, 3.8) is 0 Å². The second-order valence-corrected chi connectivity index (χ2v) is 5.28. The zero-order valence-electron chi connectivity index (χ0n) is 12.4. The monoisotopic (exact) mass is 332 g/mol. The summed E-state index contributed by atoms with van der Waals surface area (Å²) in [4.78, 5) is 13.4. The van der Waals surface area contributed by atoms with Crippen molar-refractivity contribution in [2.75, 3.05) is 13.7 Å². The van der Waals surface area contributed by atoms with Crippen LogP contribution >= 0.6 is 11.6 Å². The molecular weight excluding hydrogens is 319 g/mol. The maximum Gasteiger partial charge on any atom is 0.260 e. The lowest BCUT2D eigenvalue weighted by molar-refractivity contribution is -0.132. The van der Waals surface area contributed by atoms with E-state index < -0.39 is 5.82 Å². The number of hydrogen-bond acceptors (Lipinski definition) is 3. The Kier molecular flexibility index (Phi) is 5.56. The standard InChI is InChI=1S/C17H14ClFN2O2/c1-21(10-14-15(18)3-2-4-16(14)19)17(22)11-23-13-7-5-12(9-20)6-8-13/h2-8H,10-11H2,1H3. The molecule has 0 bridgehead atoms. The summed E-state index contributed by atoms with van der Waals surface area (Å²) < 4.78 is 19.1. The third-order valence-corrected chi connectivity index (χ3v) is 3.58. The lowest BCUT2D eigenvalue weighted by Crippen LogP contribution is -2.31. The largest absolute Gasteiger partial charge is 0.484 e. The molecule has 0 saturated heterocycles. The van der Waals surface area contributed by atoms with Gasteiger partial charge in [-0.3, -0.25) is 4.79 Å². The summed E-state index contributed by atoms with van der Waals surface area (Å²) in [6.45, 7) is -0.129. The van der Waals surface area contributed by atoms with Crippen molar-refractivity contribution >= 4 is 17.5 Å². The summed E-state index contributed by atoms with van der Waals surface area (Å²) in [6.07, 6.45) is 0. The van der Waals surface area contributed by atoms with Crippen LogP contribution in [0.3, 0.4) is 0 Å². The first kappa shape index (κ1) is 16.8. The molecule has 4 nitrogen and oxygen atoms in total. The van der Waals surface area contributed by atoms with Crippen LogP contribution in [0.25, 0.3) is 0 Å². The molecule has 0 N–H and O–H groups in total. The van der Waals surface area contributed by atoms with Crippen molar-refractivity contribution in [3.05, 3.63) is 64.4 Å². The van der Waals surface area contributed by atoms with Crippen LogP contribution in [0, 0.1) is 17.1 Å². The summed E-state index contributed by atoms with van der Waals surface area (Å²) in [5.74, 6) is -0.284. The molecule has 0 aliphatic carbocycles. The number of carbonyl (C=O) groups excluding carboxylic acids is 1. The van der Waals surface area contributed by atoms with Crippen molar-refractivity contribution in [1.82, 2.24) is 4.90 Å². The normalized spacial score (nSPS) is 10.0. The first-order valence-electron chi connectivity index (χ1n) is 6.81. The van der Waals surface area contributed by atoms with Gasteiger partial charge in [0, 0.05) is 24.2 Å². The van der Waals surface area contributed by atoms with E-state index in [4.69, 9.17) is 21.6 Å². The Balaban J connectivity index is 1.93. The summed E-state index contributed by atoms with van der Waals surface area (Å²) in [6, 6.07) is 12.8. The number of nitrogens with zero attached hydrogens (tertiary/aromatic N) is 2. The molecule has 118 valence electrons. The molecule has 1 amide bonds. The Labute approximate surface area is 138 Å². The van der Waals surface area contributed by atoms with Gasteiger partial charge < -0.3 is 9.64 Å². The maximum atomic E-state index is 13.7. The van der Waals surface area contributed by atoms with Crippen LogP contribution < -0.4 is 4.74 Å². The zero-order valence-corrected chi connectivity index (χ0v) is 13.2. The molecule has 0 spiro atoms. The van der Waals surface area contributed by atoms with Gasteiger partial charge in [0.2, 0.25) is 0 Å². The number of nitriles is 1. The highest BCUT2D eigenvalue weighted by atomic mass is 35.5. The lowest BCUT2D eigenvalue weighted by Gasteiger charge is -2.18. The third kappa shape index (κ3) is 4.44. The molecule has 0 aliphatic rings. The number of likely N-dealkylation sites (N-methyl/N-ethyl adjacent to an activating group) is 1. The van der Waals surface area contributed by atoms with Crippen LogP contribution in [0.1, 0.15) is 11.1 Å². The van der Waals surface area contributed by atoms with Gasteiger partial charge in [-0.25, -0.2) is 4.39 Å². The van der Waals surface area contributed by atoms with Gasteiger partial charge in [0.05, 0.1) is 11.6 Å². The minimum atomic E-state index is -0.454. The number of rotatable bonds is 5. The Morgan fingerprint density at radius 3 is 2.61 bits per heavy atom. The van der Waals surface area contributed by atoms with Gasteiger partial charge in [-0.15, -0.1) is 0 Å². The van der Waals surface area contributed by atoms with Gasteiger partial charge >= 0.3 is 0 Å². The van der Waals surface area contributed by atoms with Gasteiger partial charge in [-0.05, 0) is 36.4 Å². The van der Waals surface area contributed by atoms with E-state index in [1.807, 2.05) is 6.07 Å². The minimum Gasteiger partial charge on any atom is -0.484 e. The summed E-state index contributed by atoms with van der Waals surface area (Å²) in [7, 11) is 1.55. The van der Waals surface area contributed by atoms with Gasteiger partial charge in [-0.2, -0.15) is 5.26 Å². The van der Waals surface area contributed by atoms with Crippen LogP contribution in [-0.2, 0) is 11.3 Å². The molecule has 0 aromatic heterocycles. The molecule has 0 saturated carbocycles. The van der Waals surface area contributed by atoms with Gasteiger partial charge in [0.25, 0.3) is 5.91 Å². The Morgan fingerprint density at radius 1 is 1.30 bits per heavy atom.